The molecule has 2 aliphatic rings. The normalized spacial score (nSPS) is 16.5. The Labute approximate surface area is 209 Å². The Bertz CT molecular complexity index is 1120. The molecule has 3 aromatic rings. The maximum atomic E-state index is 11.2. The van der Waals surface area contributed by atoms with Gasteiger partial charge in [-0.15, -0.1) is 0 Å². The summed E-state index contributed by atoms with van der Waals surface area (Å²) < 4.78 is 0. The Morgan fingerprint density at radius 3 is 2.37 bits per heavy atom. The fourth-order valence-electron chi connectivity index (χ4n) is 5.45. The van der Waals surface area contributed by atoms with E-state index in [-0.39, 0.29) is 0 Å². The second-order valence-electron chi connectivity index (χ2n) is 9.63. The van der Waals surface area contributed by atoms with Crippen LogP contribution in [-0.2, 0) is 17.8 Å². The quantitative estimate of drug-likeness (QED) is 0.394. The molecule has 3 aromatic carbocycles. The minimum Gasteiger partial charge on any atom is -0.365 e. The van der Waals surface area contributed by atoms with Crippen molar-refractivity contribution in [3.8, 4) is 0 Å². The van der Waals surface area contributed by atoms with Crippen molar-refractivity contribution in [2.24, 2.45) is 0 Å². The molecule has 5 rings (SSSR count). The van der Waals surface area contributed by atoms with Crippen LogP contribution in [0.15, 0.2) is 84.9 Å². The van der Waals surface area contributed by atoms with Crippen LogP contribution in [0, 0.1) is 0 Å². The number of fused-ring (bicyclic) bond motifs is 1. The van der Waals surface area contributed by atoms with Crippen LogP contribution in [0.25, 0.3) is 6.08 Å². The lowest BCUT2D eigenvalue weighted by molar-refractivity contribution is -0.106. The fraction of sp³-hybridized carbons (Fsp3) is 0.323. The number of benzene rings is 3. The number of nitrogens with zero attached hydrogens (tertiary/aromatic N) is 3. The van der Waals surface area contributed by atoms with Gasteiger partial charge in [0.05, 0.1) is 6.54 Å². The molecule has 0 aromatic heterocycles. The molecular weight excluding hydrogens is 430 g/mol. The molecule has 4 nitrogen and oxygen atoms in total. The largest absolute Gasteiger partial charge is 0.365 e. The fourth-order valence-corrected chi connectivity index (χ4v) is 5.45. The molecule has 2 heterocycles. The number of aldehydes is 1. The zero-order valence-corrected chi connectivity index (χ0v) is 20.4. The average Bonchev–Trinajstić information content (AvgIpc) is 3.31. The second-order valence-corrected chi connectivity index (χ2v) is 9.63. The van der Waals surface area contributed by atoms with Gasteiger partial charge in [0.1, 0.15) is 6.29 Å². The molecule has 0 N–H and O–H groups in total. The van der Waals surface area contributed by atoms with Gasteiger partial charge in [0.25, 0.3) is 0 Å². The molecular formula is C31H35N3O. The first-order valence-corrected chi connectivity index (χ1v) is 12.9. The zero-order chi connectivity index (χ0) is 23.9. The van der Waals surface area contributed by atoms with Gasteiger partial charge in [-0.25, -0.2) is 0 Å². The number of rotatable bonds is 9. The van der Waals surface area contributed by atoms with Crippen molar-refractivity contribution in [3.05, 3.63) is 102 Å². The molecule has 0 amide bonds. The SMILES string of the molecule is O=CCN1CCc2ccc(N(C/C=C/c3ccccc3)C3CCN(Cc4ccccc4)CC3)cc21. The molecule has 1 fully saturated rings. The van der Waals surface area contributed by atoms with E-state index in [1.54, 1.807) is 0 Å². The third-order valence-electron chi connectivity index (χ3n) is 7.35. The van der Waals surface area contributed by atoms with E-state index in [1.807, 2.05) is 0 Å². The second kappa shape index (κ2) is 11.4. The topological polar surface area (TPSA) is 26.8 Å². The van der Waals surface area contributed by atoms with E-state index in [0.717, 1.165) is 58.3 Å². The summed E-state index contributed by atoms with van der Waals surface area (Å²) in [5.41, 5.74) is 6.47. The van der Waals surface area contributed by atoms with E-state index in [1.165, 1.54) is 28.1 Å². The molecule has 4 heteroatoms. The highest BCUT2D eigenvalue weighted by Gasteiger charge is 2.26. The predicted molar refractivity (Wildman–Crippen MR) is 146 cm³/mol. The standard InChI is InChI=1S/C31H35N3O/c35-23-22-33-21-15-28-13-14-30(24-31(28)33)34(18-7-12-26-8-3-1-4-9-26)29-16-19-32(20-17-29)25-27-10-5-2-6-11-27/h1-14,23-24,29H,15-22,25H2/b12-7+. The molecule has 0 unspecified atom stereocenters. The highest BCUT2D eigenvalue weighted by molar-refractivity contribution is 5.71. The first kappa shape index (κ1) is 23.4. The number of carbonyl (C=O) groups is 1. The smallest absolute Gasteiger partial charge is 0.139 e. The monoisotopic (exact) mass is 465 g/mol. The average molecular weight is 466 g/mol. The Morgan fingerprint density at radius 2 is 1.63 bits per heavy atom. The van der Waals surface area contributed by atoms with Crippen LogP contribution in [0.2, 0.25) is 0 Å². The van der Waals surface area contributed by atoms with Crippen molar-refractivity contribution in [2.45, 2.75) is 31.8 Å². The first-order valence-electron chi connectivity index (χ1n) is 12.9. The Hall–Kier alpha value is -3.37. The highest BCUT2D eigenvalue weighted by Crippen LogP contribution is 2.34. The van der Waals surface area contributed by atoms with Gasteiger partial charge in [-0.05, 0) is 48.1 Å². The molecule has 180 valence electrons. The predicted octanol–water partition coefficient (Wildman–Crippen LogP) is 5.43. The van der Waals surface area contributed by atoms with Crippen molar-refractivity contribution >= 4 is 23.7 Å². The molecule has 2 aliphatic heterocycles. The van der Waals surface area contributed by atoms with Gasteiger partial charge < -0.3 is 14.6 Å². The van der Waals surface area contributed by atoms with Gasteiger partial charge >= 0.3 is 0 Å². The summed E-state index contributed by atoms with van der Waals surface area (Å²) in [6.07, 6.45) is 8.87. The Balaban J connectivity index is 1.32. The van der Waals surface area contributed by atoms with E-state index in [0.29, 0.717) is 12.6 Å². The van der Waals surface area contributed by atoms with Crippen LogP contribution < -0.4 is 9.80 Å². The van der Waals surface area contributed by atoms with Crippen molar-refractivity contribution < 1.29 is 4.79 Å². The van der Waals surface area contributed by atoms with E-state index in [9.17, 15) is 4.79 Å². The van der Waals surface area contributed by atoms with Crippen LogP contribution >= 0.6 is 0 Å². The summed E-state index contributed by atoms with van der Waals surface area (Å²) in [5.74, 6) is 0. The van der Waals surface area contributed by atoms with Crippen LogP contribution in [-0.4, -0.2) is 50.0 Å². The summed E-state index contributed by atoms with van der Waals surface area (Å²) in [5, 5.41) is 0. The van der Waals surface area contributed by atoms with E-state index >= 15 is 0 Å². The summed E-state index contributed by atoms with van der Waals surface area (Å²) in [6.45, 7) is 5.54. The lowest BCUT2D eigenvalue weighted by Crippen LogP contribution is -2.45. The number of carbonyl (C=O) groups excluding carboxylic acids is 1. The maximum Gasteiger partial charge on any atom is 0.139 e. The number of hydrogen-bond donors (Lipinski definition) is 0. The van der Waals surface area contributed by atoms with Crippen molar-refractivity contribution in [1.29, 1.82) is 0 Å². The third-order valence-corrected chi connectivity index (χ3v) is 7.35. The number of piperidine rings is 1. The third kappa shape index (κ3) is 5.83. The molecule has 0 spiro atoms. The first-order chi connectivity index (χ1) is 17.3. The summed E-state index contributed by atoms with van der Waals surface area (Å²) in [4.78, 5) is 18.6. The molecule has 0 saturated carbocycles. The minimum atomic E-state index is 0.474. The van der Waals surface area contributed by atoms with Crippen LogP contribution in [0.5, 0.6) is 0 Å². The Morgan fingerprint density at radius 1 is 0.886 bits per heavy atom. The Kier molecular flexibility index (Phi) is 7.59. The van der Waals surface area contributed by atoms with Gasteiger partial charge in [0.2, 0.25) is 0 Å². The van der Waals surface area contributed by atoms with Crippen LogP contribution in [0.1, 0.15) is 29.5 Å². The summed E-state index contributed by atoms with van der Waals surface area (Å²) in [6, 6.07) is 28.7. The summed E-state index contributed by atoms with van der Waals surface area (Å²) >= 11 is 0. The molecule has 0 atom stereocenters. The zero-order valence-electron chi connectivity index (χ0n) is 20.4. The highest BCUT2D eigenvalue weighted by atomic mass is 16.1. The summed E-state index contributed by atoms with van der Waals surface area (Å²) in [7, 11) is 0. The van der Waals surface area contributed by atoms with Gasteiger partial charge in [-0.2, -0.15) is 0 Å². The van der Waals surface area contributed by atoms with E-state index in [4.69, 9.17) is 0 Å². The van der Waals surface area contributed by atoms with Gasteiger partial charge in [-0.1, -0.05) is 78.9 Å². The maximum absolute atomic E-state index is 11.2. The van der Waals surface area contributed by atoms with Crippen LogP contribution in [0.4, 0.5) is 11.4 Å². The lowest BCUT2D eigenvalue weighted by atomic mass is 10.0. The molecule has 0 bridgehead atoms. The molecule has 0 aliphatic carbocycles. The van der Waals surface area contributed by atoms with Gasteiger partial charge in [-0.3, -0.25) is 4.90 Å². The molecule has 0 radical (unpaired) electrons. The number of likely N-dealkylation sites (tertiary alicyclic amines) is 1. The van der Waals surface area contributed by atoms with Gasteiger partial charge in [0, 0.05) is 50.1 Å². The number of anilines is 2. The van der Waals surface area contributed by atoms with Crippen molar-refractivity contribution in [1.82, 2.24) is 4.90 Å². The van der Waals surface area contributed by atoms with Crippen LogP contribution in [0.3, 0.4) is 0 Å². The molecule has 1 saturated heterocycles. The van der Waals surface area contributed by atoms with Crippen molar-refractivity contribution in [2.75, 3.05) is 42.5 Å². The molecule has 35 heavy (non-hydrogen) atoms. The van der Waals surface area contributed by atoms with E-state index < -0.39 is 0 Å². The van der Waals surface area contributed by atoms with E-state index in [2.05, 4.69) is 106 Å². The number of hydrogen-bond acceptors (Lipinski definition) is 4. The van der Waals surface area contributed by atoms with Gasteiger partial charge in [0.15, 0.2) is 0 Å². The van der Waals surface area contributed by atoms with Crippen molar-refractivity contribution in [3.63, 3.8) is 0 Å². The minimum absolute atomic E-state index is 0.474. The lowest BCUT2D eigenvalue weighted by Gasteiger charge is -2.40.